The van der Waals surface area contributed by atoms with Crippen LogP contribution in [0.25, 0.3) is 0 Å². The number of carbonyl (C=O) groups excluding carboxylic acids is 2. The summed E-state index contributed by atoms with van der Waals surface area (Å²) in [5.41, 5.74) is 6.37. The molecule has 1 aliphatic rings. The van der Waals surface area contributed by atoms with E-state index in [1.807, 2.05) is 0 Å². The van der Waals surface area contributed by atoms with Gasteiger partial charge in [-0.05, 0) is 26.3 Å². The van der Waals surface area contributed by atoms with Gasteiger partial charge >= 0.3 is 0 Å². The van der Waals surface area contributed by atoms with E-state index in [-0.39, 0.29) is 12.3 Å². The normalized spacial score (nSPS) is 15.3. The first kappa shape index (κ1) is 12.7. The van der Waals surface area contributed by atoms with E-state index in [1.54, 1.807) is 20.8 Å². The lowest BCUT2D eigenvalue weighted by atomic mass is 9.98. The number of nitrogens with two attached hydrogens (primary N) is 1. The molecule has 1 aliphatic heterocycles. The maximum Gasteiger partial charge on any atom is 0.247 e. The summed E-state index contributed by atoms with van der Waals surface area (Å²) in [4.78, 5) is 22.6. The van der Waals surface area contributed by atoms with Crippen LogP contribution in [0.2, 0.25) is 0 Å². The molecule has 1 rings (SSSR count). The van der Waals surface area contributed by atoms with Gasteiger partial charge in [0.05, 0.1) is 0 Å². The highest BCUT2D eigenvalue weighted by Gasteiger charge is 2.25. The average molecular weight is 225 g/mol. The number of hydrogen-bond donors (Lipinski definition) is 3. The molecule has 4 N–H and O–H groups in total. The summed E-state index contributed by atoms with van der Waals surface area (Å²) in [5.74, 6) is -0.538. The van der Waals surface area contributed by atoms with Crippen LogP contribution in [0.15, 0.2) is 11.1 Å². The summed E-state index contributed by atoms with van der Waals surface area (Å²) in [7, 11) is 0. The highest BCUT2D eigenvalue weighted by atomic mass is 16.2. The second-order valence-electron chi connectivity index (χ2n) is 4.81. The minimum absolute atomic E-state index is 0.122. The van der Waals surface area contributed by atoms with E-state index in [9.17, 15) is 9.59 Å². The molecule has 0 atom stereocenters. The maximum absolute atomic E-state index is 11.8. The fraction of sp³-hybridized carbons (Fsp3) is 0.636. The van der Waals surface area contributed by atoms with Gasteiger partial charge in [-0.15, -0.1) is 0 Å². The van der Waals surface area contributed by atoms with Gasteiger partial charge in [-0.25, -0.2) is 0 Å². The van der Waals surface area contributed by atoms with E-state index in [2.05, 4.69) is 10.6 Å². The van der Waals surface area contributed by atoms with Gasteiger partial charge in [-0.2, -0.15) is 0 Å². The molecule has 90 valence electrons. The van der Waals surface area contributed by atoms with Gasteiger partial charge in [-0.3, -0.25) is 9.59 Å². The summed E-state index contributed by atoms with van der Waals surface area (Å²) < 4.78 is 0. The monoisotopic (exact) mass is 225 g/mol. The Hall–Kier alpha value is -1.36. The second kappa shape index (κ2) is 4.65. The Kier molecular flexibility index (Phi) is 3.70. The number of amides is 2. The van der Waals surface area contributed by atoms with Gasteiger partial charge in [-0.1, -0.05) is 0 Å². The van der Waals surface area contributed by atoms with Crippen molar-refractivity contribution in [2.75, 3.05) is 13.1 Å². The molecule has 1 fully saturated rings. The van der Waals surface area contributed by atoms with Gasteiger partial charge in [0.15, 0.2) is 0 Å². The van der Waals surface area contributed by atoms with E-state index in [0.717, 1.165) is 24.2 Å². The molecule has 1 heterocycles. The maximum atomic E-state index is 11.8. The molecule has 0 aliphatic carbocycles. The second-order valence-corrected chi connectivity index (χ2v) is 4.81. The van der Waals surface area contributed by atoms with E-state index in [0.29, 0.717) is 0 Å². The molecule has 0 saturated carbocycles. The van der Waals surface area contributed by atoms with Crippen molar-refractivity contribution in [1.29, 1.82) is 0 Å². The Labute approximate surface area is 95.5 Å². The Morgan fingerprint density at radius 3 is 2.38 bits per heavy atom. The number of carbonyl (C=O) groups is 2. The van der Waals surface area contributed by atoms with E-state index in [1.165, 1.54) is 0 Å². The van der Waals surface area contributed by atoms with Crippen LogP contribution in [-0.2, 0) is 9.59 Å². The van der Waals surface area contributed by atoms with Crippen molar-refractivity contribution in [3.05, 3.63) is 11.1 Å². The molecule has 0 radical (unpaired) electrons. The minimum Gasteiger partial charge on any atom is -0.370 e. The third-order valence-corrected chi connectivity index (χ3v) is 2.62. The van der Waals surface area contributed by atoms with Crippen LogP contribution in [0.5, 0.6) is 0 Å². The molecule has 2 amide bonds. The molecule has 5 nitrogen and oxygen atoms in total. The Morgan fingerprint density at radius 2 is 2.00 bits per heavy atom. The summed E-state index contributed by atoms with van der Waals surface area (Å²) in [6.45, 7) is 6.91. The van der Waals surface area contributed by atoms with Crippen LogP contribution in [0.1, 0.15) is 27.2 Å². The zero-order valence-electron chi connectivity index (χ0n) is 10.0. The highest BCUT2D eigenvalue weighted by Crippen LogP contribution is 2.12. The lowest BCUT2D eigenvalue weighted by molar-refractivity contribution is -0.121. The molecule has 0 bridgehead atoms. The highest BCUT2D eigenvalue weighted by molar-refractivity contribution is 5.94. The average Bonchev–Trinajstić information content (AvgIpc) is 1.96. The molecule has 0 aromatic heterocycles. The lowest BCUT2D eigenvalue weighted by Crippen LogP contribution is -2.47. The first-order valence-electron chi connectivity index (χ1n) is 5.32. The molecule has 16 heavy (non-hydrogen) atoms. The largest absolute Gasteiger partial charge is 0.370 e. The molecule has 0 spiro atoms. The molecule has 0 aromatic rings. The Bertz CT molecular complexity index is 339. The van der Waals surface area contributed by atoms with Gasteiger partial charge in [0.1, 0.15) is 0 Å². The van der Waals surface area contributed by atoms with Crippen LogP contribution >= 0.6 is 0 Å². The van der Waals surface area contributed by atoms with Crippen LogP contribution in [-0.4, -0.2) is 30.4 Å². The summed E-state index contributed by atoms with van der Waals surface area (Å²) in [5, 5.41) is 5.89. The predicted octanol–water partition coefficient (Wildman–Crippen LogP) is -0.324. The van der Waals surface area contributed by atoms with Gasteiger partial charge in [0.25, 0.3) is 0 Å². The topological polar surface area (TPSA) is 84.2 Å². The third kappa shape index (κ3) is 3.34. The Morgan fingerprint density at radius 1 is 1.44 bits per heavy atom. The SMILES string of the molecule is CC(C(=O)NC(C)(C)CC(N)=O)=C1CNC1. The van der Waals surface area contributed by atoms with Crippen LogP contribution in [0, 0.1) is 0 Å². The molecule has 0 unspecified atom stereocenters. The van der Waals surface area contributed by atoms with Crippen molar-refractivity contribution >= 4 is 11.8 Å². The zero-order valence-corrected chi connectivity index (χ0v) is 10.0. The molecule has 5 heteroatoms. The van der Waals surface area contributed by atoms with E-state index >= 15 is 0 Å². The molecular formula is C11H19N3O2. The fourth-order valence-electron chi connectivity index (χ4n) is 1.56. The van der Waals surface area contributed by atoms with Crippen molar-refractivity contribution in [1.82, 2.24) is 10.6 Å². The summed E-state index contributed by atoms with van der Waals surface area (Å²) in [6.07, 6.45) is 0.138. The predicted molar refractivity (Wildman–Crippen MR) is 61.6 cm³/mol. The summed E-state index contributed by atoms with van der Waals surface area (Å²) >= 11 is 0. The van der Waals surface area contributed by atoms with Gasteiger partial charge < -0.3 is 16.4 Å². The Balaban J connectivity index is 2.59. The number of primary amides is 1. The van der Waals surface area contributed by atoms with Crippen molar-refractivity contribution in [3.63, 3.8) is 0 Å². The summed E-state index contributed by atoms with van der Waals surface area (Å²) in [6, 6.07) is 0. The minimum atomic E-state index is -0.595. The molecular weight excluding hydrogens is 206 g/mol. The van der Waals surface area contributed by atoms with E-state index in [4.69, 9.17) is 5.73 Å². The third-order valence-electron chi connectivity index (χ3n) is 2.62. The van der Waals surface area contributed by atoms with Crippen molar-refractivity contribution in [2.24, 2.45) is 5.73 Å². The van der Waals surface area contributed by atoms with E-state index < -0.39 is 11.4 Å². The van der Waals surface area contributed by atoms with Crippen molar-refractivity contribution in [2.45, 2.75) is 32.7 Å². The zero-order chi connectivity index (χ0) is 12.3. The van der Waals surface area contributed by atoms with Gasteiger partial charge in [0, 0.05) is 30.6 Å². The van der Waals surface area contributed by atoms with Gasteiger partial charge in [0.2, 0.25) is 11.8 Å². The number of rotatable bonds is 4. The quantitative estimate of drug-likeness (QED) is 0.573. The van der Waals surface area contributed by atoms with Crippen molar-refractivity contribution < 1.29 is 9.59 Å². The van der Waals surface area contributed by atoms with Crippen LogP contribution in [0.3, 0.4) is 0 Å². The molecule has 0 aromatic carbocycles. The van der Waals surface area contributed by atoms with Crippen molar-refractivity contribution in [3.8, 4) is 0 Å². The molecule has 1 saturated heterocycles. The number of nitrogens with one attached hydrogen (secondary N) is 2. The van der Waals surface area contributed by atoms with Crippen LogP contribution in [0.4, 0.5) is 0 Å². The van der Waals surface area contributed by atoms with Crippen LogP contribution < -0.4 is 16.4 Å². The lowest BCUT2D eigenvalue weighted by Gasteiger charge is -2.27. The fourth-order valence-corrected chi connectivity index (χ4v) is 1.56. The standard InChI is InChI=1S/C11H19N3O2/c1-7(8-5-13-6-8)10(16)14-11(2,3)4-9(12)15/h13H,4-6H2,1-3H3,(H2,12,15)(H,14,16). The first-order chi connectivity index (χ1) is 7.32. The smallest absolute Gasteiger partial charge is 0.247 e. The number of hydrogen-bond acceptors (Lipinski definition) is 3. The first-order valence-corrected chi connectivity index (χ1v) is 5.32.